The lowest BCUT2D eigenvalue weighted by molar-refractivity contribution is -0.113. The van der Waals surface area contributed by atoms with Crippen LogP contribution in [-0.4, -0.2) is 24.2 Å². The quantitative estimate of drug-likeness (QED) is 0.641. The zero-order valence-electron chi connectivity index (χ0n) is 14.9. The van der Waals surface area contributed by atoms with Gasteiger partial charge in [-0.25, -0.2) is 4.90 Å². The lowest BCUT2D eigenvalue weighted by atomic mass is 10.1. The molecule has 27 heavy (non-hydrogen) atoms. The van der Waals surface area contributed by atoms with Crippen molar-refractivity contribution in [2.24, 2.45) is 0 Å². The zero-order chi connectivity index (χ0) is 19.0. The monoisotopic (exact) mass is 398 g/mol. The highest BCUT2D eigenvalue weighted by atomic mass is 35.5. The number of hydrogen-bond acceptors (Lipinski definition) is 4. The molecule has 4 nitrogen and oxygen atoms in total. The van der Waals surface area contributed by atoms with Gasteiger partial charge in [-0.15, -0.1) is 0 Å². The molecule has 0 spiro atoms. The number of anilines is 2. The maximum absolute atomic E-state index is 12.7. The van der Waals surface area contributed by atoms with Gasteiger partial charge in [0, 0.05) is 23.8 Å². The van der Waals surface area contributed by atoms with Crippen LogP contribution in [0.15, 0.2) is 47.4 Å². The van der Waals surface area contributed by atoms with Crippen molar-refractivity contribution in [3.05, 3.63) is 63.5 Å². The van der Waals surface area contributed by atoms with Crippen LogP contribution in [0.1, 0.15) is 24.0 Å². The molecule has 0 aliphatic carbocycles. The molecule has 0 aromatic heterocycles. The molecule has 2 aliphatic rings. The van der Waals surface area contributed by atoms with Crippen LogP contribution in [0.3, 0.4) is 0 Å². The first-order valence-corrected chi connectivity index (χ1v) is 10.1. The Balaban J connectivity index is 1.59. The van der Waals surface area contributed by atoms with Crippen LogP contribution in [0, 0.1) is 6.92 Å². The van der Waals surface area contributed by atoms with Gasteiger partial charge < -0.3 is 4.90 Å². The molecule has 2 aromatic carbocycles. The Kier molecular flexibility index (Phi) is 4.98. The predicted molar refractivity (Wildman–Crippen MR) is 113 cm³/mol. The van der Waals surface area contributed by atoms with Crippen molar-refractivity contribution in [2.75, 3.05) is 22.9 Å². The van der Waals surface area contributed by atoms with Gasteiger partial charge in [-0.3, -0.25) is 9.59 Å². The molecule has 0 radical (unpaired) electrons. The lowest BCUT2D eigenvalue weighted by Crippen LogP contribution is -2.27. The highest BCUT2D eigenvalue weighted by Crippen LogP contribution is 2.36. The van der Waals surface area contributed by atoms with E-state index < -0.39 is 0 Å². The number of benzene rings is 2. The van der Waals surface area contributed by atoms with E-state index in [-0.39, 0.29) is 11.1 Å². The molecule has 4 rings (SSSR count). The summed E-state index contributed by atoms with van der Waals surface area (Å²) in [5.41, 5.74) is 3.89. The highest BCUT2D eigenvalue weighted by Gasteiger charge is 2.36. The molecule has 6 heteroatoms. The van der Waals surface area contributed by atoms with Crippen molar-refractivity contribution < 1.29 is 9.59 Å². The summed E-state index contributed by atoms with van der Waals surface area (Å²) in [7, 11) is 0. The lowest BCUT2D eigenvalue weighted by Gasteiger charge is -2.20. The molecule has 2 aliphatic heterocycles. The van der Waals surface area contributed by atoms with Crippen molar-refractivity contribution in [3.63, 3.8) is 0 Å². The fourth-order valence-corrected chi connectivity index (χ4v) is 4.48. The molecular weight excluding hydrogens is 380 g/mol. The van der Waals surface area contributed by atoms with E-state index in [1.54, 1.807) is 30.3 Å². The second-order valence-electron chi connectivity index (χ2n) is 6.73. The number of aryl methyl sites for hydroxylation is 1. The number of thioether (sulfide) groups is 1. The molecule has 0 bridgehead atoms. The van der Waals surface area contributed by atoms with Crippen LogP contribution >= 0.6 is 23.4 Å². The topological polar surface area (TPSA) is 40.6 Å². The largest absolute Gasteiger partial charge is 0.371 e. The summed E-state index contributed by atoms with van der Waals surface area (Å²) in [5.74, 6) is -0.298. The van der Waals surface area contributed by atoms with E-state index >= 15 is 0 Å². The Labute approximate surface area is 167 Å². The van der Waals surface area contributed by atoms with Gasteiger partial charge >= 0.3 is 0 Å². The SMILES string of the molecule is Cc1cc(C=C2SC(=O)N(c3ccc(Cl)cc3)C2=O)ccc1N1CCCC1. The fourth-order valence-electron chi connectivity index (χ4n) is 3.51. The number of amides is 2. The van der Waals surface area contributed by atoms with Crippen LogP contribution in [0.25, 0.3) is 6.08 Å². The average Bonchev–Trinajstić information content (AvgIpc) is 3.25. The van der Waals surface area contributed by atoms with Crippen LogP contribution in [0.2, 0.25) is 5.02 Å². The molecule has 2 amide bonds. The van der Waals surface area contributed by atoms with Gasteiger partial charge in [-0.1, -0.05) is 17.7 Å². The van der Waals surface area contributed by atoms with Crippen molar-refractivity contribution in [1.29, 1.82) is 0 Å². The van der Waals surface area contributed by atoms with E-state index in [4.69, 9.17) is 11.6 Å². The molecule has 0 N–H and O–H groups in total. The summed E-state index contributed by atoms with van der Waals surface area (Å²) in [5, 5.41) is 0.272. The van der Waals surface area contributed by atoms with Crippen molar-refractivity contribution in [2.45, 2.75) is 19.8 Å². The minimum absolute atomic E-state index is 0.293. The predicted octanol–water partition coefficient (Wildman–Crippen LogP) is 5.49. The smallest absolute Gasteiger partial charge is 0.298 e. The molecule has 2 saturated heterocycles. The summed E-state index contributed by atoms with van der Waals surface area (Å²) in [4.78, 5) is 29.1. The summed E-state index contributed by atoms with van der Waals surface area (Å²) < 4.78 is 0. The van der Waals surface area contributed by atoms with Crippen LogP contribution in [-0.2, 0) is 4.79 Å². The first-order chi connectivity index (χ1) is 13.0. The average molecular weight is 399 g/mol. The summed E-state index contributed by atoms with van der Waals surface area (Å²) in [6.07, 6.45) is 4.26. The van der Waals surface area contributed by atoms with Gasteiger partial charge in [0.2, 0.25) is 0 Å². The van der Waals surface area contributed by atoms with Gasteiger partial charge in [0.1, 0.15) is 0 Å². The maximum Gasteiger partial charge on any atom is 0.298 e. The van der Waals surface area contributed by atoms with E-state index in [9.17, 15) is 9.59 Å². The number of hydrogen-bond donors (Lipinski definition) is 0. The van der Waals surface area contributed by atoms with Gasteiger partial charge in [0.05, 0.1) is 10.6 Å². The molecule has 138 valence electrons. The fraction of sp³-hybridized carbons (Fsp3) is 0.238. The molecule has 2 aromatic rings. The van der Waals surface area contributed by atoms with Crippen LogP contribution in [0.5, 0.6) is 0 Å². The minimum atomic E-state index is -0.298. The highest BCUT2D eigenvalue weighted by molar-refractivity contribution is 8.19. The molecule has 2 heterocycles. The van der Waals surface area contributed by atoms with Crippen molar-refractivity contribution in [3.8, 4) is 0 Å². The Morgan fingerprint density at radius 2 is 1.74 bits per heavy atom. The first-order valence-electron chi connectivity index (χ1n) is 8.92. The standard InChI is InChI=1S/C21H19ClN2O2S/c1-14-12-15(4-9-18(14)23-10-2-3-11-23)13-19-20(25)24(21(26)27-19)17-7-5-16(22)6-8-17/h4-9,12-13H,2-3,10-11H2,1H3. The number of carbonyl (C=O) groups is 2. The number of carbonyl (C=O) groups excluding carboxylic acids is 2. The first kappa shape index (κ1) is 18.1. The molecular formula is C21H19ClN2O2S. The maximum atomic E-state index is 12.7. The second kappa shape index (κ2) is 7.41. The van der Waals surface area contributed by atoms with Crippen molar-refractivity contribution >= 4 is 52.0 Å². The van der Waals surface area contributed by atoms with E-state index in [0.29, 0.717) is 15.6 Å². The minimum Gasteiger partial charge on any atom is -0.371 e. The second-order valence-corrected chi connectivity index (χ2v) is 8.16. The Morgan fingerprint density at radius 1 is 1.04 bits per heavy atom. The van der Waals surface area contributed by atoms with E-state index in [1.807, 2.05) is 6.07 Å². The molecule has 0 atom stereocenters. The third kappa shape index (κ3) is 3.62. The summed E-state index contributed by atoms with van der Waals surface area (Å²) in [6, 6.07) is 12.9. The van der Waals surface area contributed by atoms with Gasteiger partial charge in [-0.05, 0) is 85.1 Å². The Morgan fingerprint density at radius 3 is 2.41 bits per heavy atom. The number of imide groups is 1. The van der Waals surface area contributed by atoms with Crippen LogP contribution in [0.4, 0.5) is 16.2 Å². The zero-order valence-corrected chi connectivity index (χ0v) is 16.5. The van der Waals surface area contributed by atoms with Crippen LogP contribution < -0.4 is 9.80 Å². The molecule has 2 fully saturated rings. The number of rotatable bonds is 3. The normalized spacial score (nSPS) is 18.8. The van der Waals surface area contributed by atoms with E-state index in [2.05, 4.69) is 24.0 Å². The van der Waals surface area contributed by atoms with Gasteiger partial charge in [0.15, 0.2) is 0 Å². The van der Waals surface area contributed by atoms with E-state index in [1.165, 1.54) is 29.0 Å². The van der Waals surface area contributed by atoms with Crippen molar-refractivity contribution in [1.82, 2.24) is 0 Å². The van der Waals surface area contributed by atoms with E-state index in [0.717, 1.165) is 30.4 Å². The third-order valence-corrected chi connectivity index (χ3v) is 5.97. The van der Waals surface area contributed by atoms with Gasteiger partial charge in [0.25, 0.3) is 11.1 Å². The Hall–Kier alpha value is -2.24. The third-order valence-electron chi connectivity index (χ3n) is 4.84. The molecule has 0 saturated carbocycles. The Bertz CT molecular complexity index is 934. The number of halogens is 1. The van der Waals surface area contributed by atoms with Gasteiger partial charge in [-0.2, -0.15) is 0 Å². The summed E-state index contributed by atoms with van der Waals surface area (Å²) >= 11 is 6.86. The molecule has 0 unspecified atom stereocenters. The summed E-state index contributed by atoms with van der Waals surface area (Å²) in [6.45, 7) is 4.28. The number of nitrogens with zero attached hydrogens (tertiary/aromatic N) is 2.